The van der Waals surface area contributed by atoms with Gasteiger partial charge in [0.25, 0.3) is 0 Å². The van der Waals surface area contributed by atoms with Gasteiger partial charge in [-0.3, -0.25) is 9.59 Å². The van der Waals surface area contributed by atoms with Crippen LogP contribution in [-0.4, -0.2) is 46.8 Å². The van der Waals surface area contributed by atoms with Crippen molar-refractivity contribution in [1.82, 2.24) is 9.80 Å². The van der Waals surface area contributed by atoms with Crippen LogP contribution in [0.15, 0.2) is 12.2 Å². The highest BCUT2D eigenvalue weighted by molar-refractivity contribution is 5.84. The molecular formula is C20H30N2O2. The van der Waals surface area contributed by atoms with Crippen LogP contribution in [-0.2, 0) is 9.59 Å². The topological polar surface area (TPSA) is 40.6 Å². The lowest BCUT2D eigenvalue weighted by Crippen LogP contribution is -2.59. The normalized spacial score (nSPS) is 36.6. The zero-order chi connectivity index (χ0) is 16.8. The molecule has 0 aromatic rings. The third-order valence-corrected chi connectivity index (χ3v) is 6.77. The molecule has 4 nitrogen and oxygen atoms in total. The molecule has 2 saturated heterocycles. The van der Waals surface area contributed by atoms with Gasteiger partial charge in [-0.15, -0.1) is 0 Å². The number of hydrogen-bond acceptors (Lipinski definition) is 2. The minimum absolute atomic E-state index is 0.0611. The van der Waals surface area contributed by atoms with E-state index in [1.807, 2.05) is 0 Å². The van der Waals surface area contributed by atoms with Crippen LogP contribution in [0.25, 0.3) is 0 Å². The van der Waals surface area contributed by atoms with Gasteiger partial charge in [-0.1, -0.05) is 19.1 Å². The number of nitrogens with zero attached hydrogens (tertiary/aromatic N) is 2. The van der Waals surface area contributed by atoms with Crippen LogP contribution in [0.5, 0.6) is 0 Å². The van der Waals surface area contributed by atoms with E-state index in [1.165, 1.54) is 12.8 Å². The van der Waals surface area contributed by atoms with E-state index in [-0.39, 0.29) is 11.0 Å². The maximum absolute atomic E-state index is 13.2. The number of hydrogen-bond donors (Lipinski definition) is 0. The summed E-state index contributed by atoms with van der Waals surface area (Å²) in [6.45, 7) is 4.69. The third-order valence-electron chi connectivity index (χ3n) is 6.77. The summed E-state index contributed by atoms with van der Waals surface area (Å²) in [7, 11) is 0. The zero-order valence-corrected chi connectivity index (χ0v) is 14.9. The van der Waals surface area contributed by atoms with E-state index < -0.39 is 0 Å². The number of amides is 2. The van der Waals surface area contributed by atoms with Crippen molar-refractivity contribution in [3.05, 3.63) is 12.2 Å². The summed E-state index contributed by atoms with van der Waals surface area (Å²) in [5, 5.41) is 0. The fourth-order valence-corrected chi connectivity index (χ4v) is 4.98. The second-order valence-electron chi connectivity index (χ2n) is 8.78. The summed E-state index contributed by atoms with van der Waals surface area (Å²) in [5.74, 6) is 1.36. The van der Waals surface area contributed by atoms with Crippen molar-refractivity contribution in [3.63, 3.8) is 0 Å². The van der Waals surface area contributed by atoms with Crippen molar-refractivity contribution < 1.29 is 9.59 Å². The molecule has 4 aliphatic rings. The van der Waals surface area contributed by atoms with Gasteiger partial charge in [0.1, 0.15) is 0 Å². The fourth-order valence-electron chi connectivity index (χ4n) is 4.98. The number of carbonyl (C=O) groups is 2. The van der Waals surface area contributed by atoms with Crippen molar-refractivity contribution >= 4 is 11.8 Å². The average molecular weight is 330 g/mol. The van der Waals surface area contributed by atoms with Crippen molar-refractivity contribution in [2.75, 3.05) is 19.6 Å². The van der Waals surface area contributed by atoms with E-state index >= 15 is 0 Å². The predicted octanol–water partition coefficient (Wildman–Crippen LogP) is 3.13. The first-order chi connectivity index (χ1) is 11.5. The van der Waals surface area contributed by atoms with E-state index in [1.54, 1.807) is 0 Å². The summed E-state index contributed by atoms with van der Waals surface area (Å²) >= 11 is 0. The molecular weight excluding hydrogens is 300 g/mol. The molecule has 2 heterocycles. The SMILES string of the molecule is CC1(C(=O)N2CCCC3(CCC(=O)N3CC3CC3)C2)CC=CCC1. The summed E-state index contributed by atoms with van der Waals surface area (Å²) in [4.78, 5) is 30.0. The van der Waals surface area contributed by atoms with E-state index in [4.69, 9.17) is 0 Å². The standard InChI is InChI=1S/C20H30N2O2/c1-19(9-3-2-4-10-19)18(24)21-13-5-11-20(15-21)12-8-17(23)22(20)14-16-6-7-16/h2-3,16H,4-15H2,1H3. The maximum Gasteiger partial charge on any atom is 0.228 e. The Balaban J connectivity index is 1.51. The van der Waals surface area contributed by atoms with E-state index in [0.29, 0.717) is 18.2 Å². The summed E-state index contributed by atoms with van der Waals surface area (Å²) < 4.78 is 0. The molecule has 2 aliphatic heterocycles. The van der Waals surface area contributed by atoms with Crippen LogP contribution in [0.4, 0.5) is 0 Å². The van der Waals surface area contributed by atoms with E-state index in [2.05, 4.69) is 28.9 Å². The summed E-state index contributed by atoms with van der Waals surface area (Å²) in [6.07, 6.45) is 13.5. The Hall–Kier alpha value is -1.32. The Morgan fingerprint density at radius 3 is 2.79 bits per heavy atom. The molecule has 3 fully saturated rings. The summed E-state index contributed by atoms with van der Waals surface area (Å²) in [6, 6.07) is 0. The molecule has 2 atom stereocenters. The molecule has 0 aromatic carbocycles. The highest BCUT2D eigenvalue weighted by atomic mass is 16.2. The number of likely N-dealkylation sites (tertiary alicyclic amines) is 2. The Morgan fingerprint density at radius 1 is 1.25 bits per heavy atom. The lowest BCUT2D eigenvalue weighted by Gasteiger charge is -2.48. The molecule has 4 rings (SSSR count). The molecule has 132 valence electrons. The largest absolute Gasteiger partial charge is 0.340 e. The van der Waals surface area contributed by atoms with Crippen molar-refractivity contribution in [2.24, 2.45) is 11.3 Å². The molecule has 2 amide bonds. The highest BCUT2D eigenvalue weighted by Gasteiger charge is 2.50. The molecule has 2 aliphatic carbocycles. The summed E-state index contributed by atoms with van der Waals surface area (Å²) in [5.41, 5.74) is -0.300. The van der Waals surface area contributed by atoms with Crippen molar-refractivity contribution in [3.8, 4) is 0 Å². The minimum Gasteiger partial charge on any atom is -0.340 e. The van der Waals surface area contributed by atoms with Gasteiger partial charge in [0.15, 0.2) is 0 Å². The van der Waals surface area contributed by atoms with Crippen LogP contribution in [0.3, 0.4) is 0 Å². The van der Waals surface area contributed by atoms with Gasteiger partial charge in [0.2, 0.25) is 11.8 Å². The molecule has 24 heavy (non-hydrogen) atoms. The molecule has 0 aromatic heterocycles. The second-order valence-corrected chi connectivity index (χ2v) is 8.78. The maximum atomic E-state index is 13.2. The van der Waals surface area contributed by atoms with Crippen LogP contribution in [0, 0.1) is 11.3 Å². The van der Waals surface area contributed by atoms with Gasteiger partial charge in [0, 0.05) is 26.1 Å². The number of allylic oxidation sites excluding steroid dienone is 2. The molecule has 0 N–H and O–H groups in total. The lowest BCUT2D eigenvalue weighted by molar-refractivity contribution is -0.148. The highest BCUT2D eigenvalue weighted by Crippen LogP contribution is 2.43. The van der Waals surface area contributed by atoms with Crippen LogP contribution < -0.4 is 0 Å². The minimum atomic E-state index is -0.239. The Labute approximate surface area is 145 Å². The fraction of sp³-hybridized carbons (Fsp3) is 0.800. The molecule has 1 spiro atoms. The first kappa shape index (κ1) is 16.2. The second kappa shape index (κ2) is 5.89. The lowest BCUT2D eigenvalue weighted by atomic mass is 9.76. The quantitative estimate of drug-likeness (QED) is 0.746. The van der Waals surface area contributed by atoms with Gasteiger partial charge in [-0.25, -0.2) is 0 Å². The Morgan fingerprint density at radius 2 is 2.08 bits per heavy atom. The predicted molar refractivity (Wildman–Crippen MR) is 93.3 cm³/mol. The van der Waals surface area contributed by atoms with Gasteiger partial charge >= 0.3 is 0 Å². The number of carbonyl (C=O) groups excluding carboxylic acids is 2. The van der Waals surface area contributed by atoms with Crippen molar-refractivity contribution in [2.45, 2.75) is 70.3 Å². The smallest absolute Gasteiger partial charge is 0.228 e. The van der Waals surface area contributed by atoms with Gasteiger partial charge in [0.05, 0.1) is 11.0 Å². The number of piperidine rings is 1. The van der Waals surface area contributed by atoms with Gasteiger partial charge in [-0.05, 0) is 57.3 Å². The average Bonchev–Trinajstić information content (AvgIpc) is 3.37. The molecule has 4 heteroatoms. The zero-order valence-electron chi connectivity index (χ0n) is 14.9. The molecule has 0 bridgehead atoms. The molecule has 0 radical (unpaired) electrons. The van der Waals surface area contributed by atoms with Gasteiger partial charge < -0.3 is 9.80 Å². The van der Waals surface area contributed by atoms with Crippen LogP contribution >= 0.6 is 0 Å². The van der Waals surface area contributed by atoms with E-state index in [9.17, 15) is 9.59 Å². The third kappa shape index (κ3) is 2.78. The van der Waals surface area contributed by atoms with Crippen LogP contribution in [0.2, 0.25) is 0 Å². The van der Waals surface area contributed by atoms with Crippen LogP contribution in [0.1, 0.15) is 64.7 Å². The number of rotatable bonds is 3. The van der Waals surface area contributed by atoms with Crippen molar-refractivity contribution in [1.29, 1.82) is 0 Å². The first-order valence-corrected chi connectivity index (χ1v) is 9.77. The first-order valence-electron chi connectivity index (χ1n) is 9.77. The molecule has 1 saturated carbocycles. The van der Waals surface area contributed by atoms with Gasteiger partial charge in [-0.2, -0.15) is 0 Å². The Bertz CT molecular complexity index is 568. The molecule has 2 unspecified atom stereocenters. The van der Waals surface area contributed by atoms with E-state index in [0.717, 1.165) is 64.1 Å². The monoisotopic (exact) mass is 330 g/mol. The Kier molecular flexibility index (Phi) is 3.97.